The Balaban J connectivity index is 2.26. The minimum absolute atomic E-state index is 0.0545. The van der Waals surface area contributed by atoms with E-state index in [1.54, 1.807) is 42.0 Å². The van der Waals surface area contributed by atoms with E-state index in [1.807, 2.05) is 13.0 Å². The zero-order valence-electron chi connectivity index (χ0n) is 15.4. The molecule has 5 nitrogen and oxygen atoms in total. The lowest BCUT2D eigenvalue weighted by Gasteiger charge is -2.31. The number of esters is 1. The number of para-hydroxylation sites is 1. The Morgan fingerprint density at radius 2 is 2.04 bits per heavy atom. The van der Waals surface area contributed by atoms with Crippen molar-refractivity contribution in [3.05, 3.63) is 29.8 Å². The van der Waals surface area contributed by atoms with Crippen molar-refractivity contribution >= 4 is 23.6 Å². The molecule has 0 radical (unpaired) electrons. The van der Waals surface area contributed by atoms with Crippen LogP contribution in [0.3, 0.4) is 0 Å². The lowest BCUT2D eigenvalue weighted by Crippen LogP contribution is -2.47. The molecule has 138 valence electrons. The van der Waals surface area contributed by atoms with Crippen LogP contribution in [0.25, 0.3) is 0 Å². The zero-order valence-corrected chi connectivity index (χ0v) is 16.2. The SMILES string of the molecule is CCCCOC(=O)[C@H]1CS[C@@H](C(C)C)N1C(=O)c1ccccc1OC. The van der Waals surface area contributed by atoms with Crippen molar-refractivity contribution in [1.82, 2.24) is 4.90 Å². The van der Waals surface area contributed by atoms with E-state index in [4.69, 9.17) is 9.47 Å². The van der Waals surface area contributed by atoms with Gasteiger partial charge in [-0.1, -0.05) is 39.3 Å². The van der Waals surface area contributed by atoms with E-state index in [9.17, 15) is 9.59 Å². The van der Waals surface area contributed by atoms with Crippen LogP contribution in [0.1, 0.15) is 44.0 Å². The standard InChI is InChI=1S/C19H27NO4S/c1-5-6-11-24-19(22)15-12-25-18(13(2)3)20(15)17(21)14-9-7-8-10-16(14)23-4/h7-10,13,15,18H,5-6,11-12H2,1-4H3/t15-,18+/m1/s1. The van der Waals surface area contributed by atoms with E-state index in [0.29, 0.717) is 23.7 Å². The number of thioether (sulfide) groups is 1. The average Bonchev–Trinajstić information content (AvgIpc) is 3.06. The topological polar surface area (TPSA) is 55.8 Å². The second kappa shape index (κ2) is 9.13. The highest BCUT2D eigenvalue weighted by atomic mass is 32.2. The number of carbonyl (C=O) groups is 2. The van der Waals surface area contributed by atoms with Gasteiger partial charge in [0.15, 0.2) is 0 Å². The molecule has 1 aromatic rings. The third-order valence-electron chi connectivity index (χ3n) is 4.19. The number of amides is 1. The second-order valence-electron chi connectivity index (χ2n) is 6.42. The highest BCUT2D eigenvalue weighted by Crippen LogP contribution is 2.36. The number of hydrogen-bond acceptors (Lipinski definition) is 5. The first-order valence-electron chi connectivity index (χ1n) is 8.75. The Morgan fingerprint density at radius 3 is 2.68 bits per heavy atom. The number of benzene rings is 1. The summed E-state index contributed by atoms with van der Waals surface area (Å²) in [5.41, 5.74) is 0.476. The Hall–Kier alpha value is -1.69. The van der Waals surface area contributed by atoms with Crippen molar-refractivity contribution in [2.24, 2.45) is 5.92 Å². The summed E-state index contributed by atoms with van der Waals surface area (Å²) in [5, 5.41) is -0.0545. The molecule has 0 aliphatic carbocycles. The molecule has 0 spiro atoms. The van der Waals surface area contributed by atoms with Crippen LogP contribution >= 0.6 is 11.8 Å². The number of unbranched alkanes of at least 4 members (excludes halogenated alkanes) is 1. The molecule has 1 saturated heterocycles. The molecule has 0 N–H and O–H groups in total. The Morgan fingerprint density at radius 1 is 1.32 bits per heavy atom. The van der Waals surface area contributed by atoms with Crippen molar-refractivity contribution in [3.8, 4) is 5.75 Å². The number of hydrogen-bond donors (Lipinski definition) is 0. The van der Waals surface area contributed by atoms with E-state index in [-0.39, 0.29) is 23.2 Å². The van der Waals surface area contributed by atoms with Crippen LogP contribution < -0.4 is 4.74 Å². The first kappa shape index (κ1) is 19.6. The molecule has 0 bridgehead atoms. The van der Waals surface area contributed by atoms with Crippen LogP contribution in [-0.2, 0) is 9.53 Å². The number of rotatable bonds is 7. The third-order valence-corrected chi connectivity index (χ3v) is 5.81. The predicted molar refractivity (Wildman–Crippen MR) is 99.9 cm³/mol. The van der Waals surface area contributed by atoms with Gasteiger partial charge in [0.25, 0.3) is 5.91 Å². The minimum Gasteiger partial charge on any atom is -0.496 e. The lowest BCUT2D eigenvalue weighted by atomic mass is 10.1. The van der Waals surface area contributed by atoms with Crippen LogP contribution in [0.15, 0.2) is 24.3 Å². The number of ether oxygens (including phenoxy) is 2. The van der Waals surface area contributed by atoms with Crippen LogP contribution in [0.4, 0.5) is 0 Å². The van der Waals surface area contributed by atoms with Crippen LogP contribution in [0.2, 0.25) is 0 Å². The summed E-state index contributed by atoms with van der Waals surface area (Å²) in [7, 11) is 1.54. The average molecular weight is 365 g/mol. The number of nitrogens with zero attached hydrogens (tertiary/aromatic N) is 1. The number of carbonyl (C=O) groups excluding carboxylic acids is 2. The van der Waals surface area contributed by atoms with E-state index in [0.717, 1.165) is 12.8 Å². The Labute approximate surface area is 154 Å². The van der Waals surface area contributed by atoms with Gasteiger partial charge in [0, 0.05) is 5.75 Å². The molecule has 6 heteroatoms. The molecule has 25 heavy (non-hydrogen) atoms. The smallest absolute Gasteiger partial charge is 0.329 e. The van der Waals surface area contributed by atoms with E-state index >= 15 is 0 Å². The molecule has 0 aromatic heterocycles. The van der Waals surface area contributed by atoms with Gasteiger partial charge in [-0.3, -0.25) is 4.79 Å². The molecule has 0 saturated carbocycles. The van der Waals surface area contributed by atoms with Crippen LogP contribution in [-0.4, -0.2) is 47.7 Å². The fourth-order valence-corrected chi connectivity index (χ4v) is 4.32. The number of methoxy groups -OCH3 is 1. The maximum Gasteiger partial charge on any atom is 0.329 e. The molecule has 2 rings (SSSR count). The van der Waals surface area contributed by atoms with Gasteiger partial charge in [0.2, 0.25) is 0 Å². The minimum atomic E-state index is -0.549. The maximum atomic E-state index is 13.2. The summed E-state index contributed by atoms with van der Waals surface area (Å²) in [6, 6.07) is 6.57. The Kier molecular flexibility index (Phi) is 7.17. The van der Waals surface area contributed by atoms with Gasteiger partial charge in [-0.15, -0.1) is 11.8 Å². The van der Waals surface area contributed by atoms with Crippen molar-refractivity contribution in [1.29, 1.82) is 0 Å². The normalized spacial score (nSPS) is 20.0. The van der Waals surface area contributed by atoms with Crippen molar-refractivity contribution in [3.63, 3.8) is 0 Å². The summed E-state index contributed by atoms with van der Waals surface area (Å²) in [6.07, 6.45) is 1.80. The van der Waals surface area contributed by atoms with Crippen LogP contribution in [0, 0.1) is 5.92 Å². The van der Waals surface area contributed by atoms with Crippen LogP contribution in [0.5, 0.6) is 5.75 Å². The molecule has 1 fully saturated rings. The quantitative estimate of drug-likeness (QED) is 0.546. The summed E-state index contributed by atoms with van der Waals surface area (Å²) >= 11 is 1.63. The van der Waals surface area contributed by atoms with Crippen molar-refractivity contribution in [2.45, 2.75) is 45.0 Å². The van der Waals surface area contributed by atoms with Gasteiger partial charge in [-0.2, -0.15) is 0 Å². The van der Waals surface area contributed by atoms with Crippen molar-refractivity contribution in [2.75, 3.05) is 19.5 Å². The summed E-state index contributed by atoms with van der Waals surface area (Å²) in [4.78, 5) is 27.4. The predicted octanol–water partition coefficient (Wildman–Crippen LogP) is 3.58. The fourth-order valence-electron chi connectivity index (χ4n) is 2.85. The first-order chi connectivity index (χ1) is 12.0. The first-order valence-corrected chi connectivity index (χ1v) is 9.80. The molecule has 1 aromatic carbocycles. The van der Waals surface area contributed by atoms with E-state index in [2.05, 4.69) is 13.8 Å². The van der Waals surface area contributed by atoms with Gasteiger partial charge < -0.3 is 14.4 Å². The molecule has 1 amide bonds. The molecule has 1 heterocycles. The molecule has 1 aliphatic heterocycles. The zero-order chi connectivity index (χ0) is 18.4. The van der Waals surface area contributed by atoms with Gasteiger partial charge in [0.05, 0.1) is 24.7 Å². The van der Waals surface area contributed by atoms with Gasteiger partial charge in [-0.25, -0.2) is 4.79 Å². The molecule has 1 aliphatic rings. The van der Waals surface area contributed by atoms with Crippen molar-refractivity contribution < 1.29 is 19.1 Å². The second-order valence-corrected chi connectivity index (χ2v) is 7.57. The van der Waals surface area contributed by atoms with Gasteiger partial charge >= 0.3 is 5.97 Å². The molecular formula is C19H27NO4S. The largest absolute Gasteiger partial charge is 0.496 e. The summed E-state index contributed by atoms with van der Waals surface area (Å²) < 4.78 is 10.7. The monoisotopic (exact) mass is 365 g/mol. The highest BCUT2D eigenvalue weighted by Gasteiger charge is 2.44. The maximum absolute atomic E-state index is 13.2. The summed E-state index contributed by atoms with van der Waals surface area (Å²) in [6.45, 7) is 6.57. The molecular weight excluding hydrogens is 338 g/mol. The fraction of sp³-hybridized carbons (Fsp3) is 0.579. The molecule has 2 atom stereocenters. The molecule has 0 unspecified atom stereocenters. The van der Waals surface area contributed by atoms with Gasteiger partial charge in [-0.05, 0) is 24.5 Å². The highest BCUT2D eigenvalue weighted by molar-refractivity contribution is 8.00. The van der Waals surface area contributed by atoms with E-state index < -0.39 is 6.04 Å². The third kappa shape index (κ3) is 4.48. The lowest BCUT2D eigenvalue weighted by molar-refractivity contribution is -0.148. The van der Waals surface area contributed by atoms with E-state index in [1.165, 1.54) is 0 Å². The van der Waals surface area contributed by atoms with Gasteiger partial charge in [0.1, 0.15) is 11.8 Å². The Bertz CT molecular complexity index is 605. The summed E-state index contributed by atoms with van der Waals surface area (Å²) in [5.74, 6) is 0.822.